The first-order valence-electron chi connectivity index (χ1n) is 9.57. The Balaban J connectivity index is 1.67. The van der Waals surface area contributed by atoms with E-state index in [4.69, 9.17) is 22.4 Å². The predicted octanol–water partition coefficient (Wildman–Crippen LogP) is 4.19. The molecule has 1 aliphatic carbocycles. The van der Waals surface area contributed by atoms with Gasteiger partial charge in [-0.3, -0.25) is 4.79 Å². The van der Waals surface area contributed by atoms with Crippen LogP contribution in [0.4, 0.5) is 0 Å². The summed E-state index contributed by atoms with van der Waals surface area (Å²) < 4.78 is 1.75. The lowest BCUT2D eigenvalue weighted by molar-refractivity contribution is 0.0926. The van der Waals surface area contributed by atoms with E-state index in [0.717, 1.165) is 36.9 Å². The molecule has 28 heavy (non-hydrogen) atoms. The topological polar surface area (TPSA) is 72.9 Å². The Hall–Kier alpha value is -2.63. The number of para-hydroxylation sites is 1. The van der Waals surface area contributed by atoms with Gasteiger partial charge in [-0.25, -0.2) is 4.68 Å². The van der Waals surface area contributed by atoms with Gasteiger partial charge in [0.2, 0.25) is 0 Å². The highest BCUT2D eigenvalue weighted by atomic mass is 35.5. The third-order valence-corrected chi connectivity index (χ3v) is 5.46. The number of nitrogens with zero attached hydrogens (tertiary/aromatic N) is 2. The lowest BCUT2D eigenvalue weighted by Crippen LogP contribution is -2.40. The van der Waals surface area contributed by atoms with Gasteiger partial charge in [0.05, 0.1) is 11.3 Å². The molecule has 5 nitrogen and oxygen atoms in total. The molecule has 3 aromatic rings. The summed E-state index contributed by atoms with van der Waals surface area (Å²) in [6.07, 6.45) is 5.51. The van der Waals surface area contributed by atoms with Gasteiger partial charge in [-0.15, -0.1) is 0 Å². The molecule has 1 aromatic heterocycles. The Morgan fingerprint density at radius 3 is 2.39 bits per heavy atom. The number of nitrogens with one attached hydrogen (secondary N) is 1. The number of carbonyl (C=O) groups excluding carboxylic acids is 1. The Morgan fingerprint density at radius 2 is 1.71 bits per heavy atom. The Kier molecular flexibility index (Phi) is 5.46. The van der Waals surface area contributed by atoms with Crippen molar-refractivity contribution in [1.82, 2.24) is 15.1 Å². The van der Waals surface area contributed by atoms with Crippen LogP contribution in [0.25, 0.3) is 16.9 Å². The number of hydrogen-bond donors (Lipinski definition) is 2. The first-order valence-corrected chi connectivity index (χ1v) is 9.95. The Morgan fingerprint density at radius 1 is 1.04 bits per heavy atom. The second kappa shape index (κ2) is 8.17. The highest BCUT2D eigenvalue weighted by molar-refractivity contribution is 6.30. The van der Waals surface area contributed by atoms with Crippen molar-refractivity contribution in [1.29, 1.82) is 0 Å². The van der Waals surface area contributed by atoms with Crippen LogP contribution in [0, 0.1) is 0 Å². The van der Waals surface area contributed by atoms with Gasteiger partial charge in [-0.1, -0.05) is 41.9 Å². The molecule has 4 rings (SSSR count). The van der Waals surface area contributed by atoms with E-state index in [1.807, 2.05) is 54.6 Å². The van der Waals surface area contributed by atoms with Gasteiger partial charge in [0, 0.05) is 28.9 Å². The van der Waals surface area contributed by atoms with E-state index < -0.39 is 0 Å². The summed E-state index contributed by atoms with van der Waals surface area (Å²) in [6, 6.07) is 17.6. The average Bonchev–Trinajstić information content (AvgIpc) is 3.17. The molecule has 0 bridgehead atoms. The summed E-state index contributed by atoms with van der Waals surface area (Å²) in [5, 5.41) is 8.52. The first-order chi connectivity index (χ1) is 13.6. The molecule has 3 N–H and O–H groups in total. The molecule has 1 aliphatic rings. The molecule has 0 saturated heterocycles. The van der Waals surface area contributed by atoms with E-state index in [1.165, 1.54) is 0 Å². The summed E-state index contributed by atoms with van der Waals surface area (Å²) >= 11 is 6.03. The number of rotatable bonds is 4. The monoisotopic (exact) mass is 394 g/mol. The van der Waals surface area contributed by atoms with Crippen molar-refractivity contribution in [3.8, 4) is 16.9 Å². The summed E-state index contributed by atoms with van der Waals surface area (Å²) in [5.74, 6) is -0.104. The number of carbonyl (C=O) groups is 1. The smallest absolute Gasteiger partial charge is 0.255 e. The molecule has 6 heteroatoms. The fourth-order valence-corrected chi connectivity index (χ4v) is 3.73. The number of hydrogen-bond acceptors (Lipinski definition) is 3. The number of aromatic nitrogens is 2. The van der Waals surface area contributed by atoms with E-state index >= 15 is 0 Å². The van der Waals surface area contributed by atoms with E-state index in [1.54, 1.807) is 10.9 Å². The maximum atomic E-state index is 13.1. The number of nitrogens with two attached hydrogens (primary N) is 1. The third-order valence-electron chi connectivity index (χ3n) is 5.20. The summed E-state index contributed by atoms with van der Waals surface area (Å²) in [5.41, 5.74) is 8.94. The van der Waals surface area contributed by atoms with Crippen molar-refractivity contribution in [2.75, 3.05) is 0 Å². The number of benzene rings is 2. The van der Waals surface area contributed by atoms with Crippen LogP contribution in [0.3, 0.4) is 0 Å². The van der Waals surface area contributed by atoms with Crippen LogP contribution in [0.1, 0.15) is 36.0 Å². The van der Waals surface area contributed by atoms with Crippen LogP contribution in [0.5, 0.6) is 0 Å². The largest absolute Gasteiger partial charge is 0.349 e. The predicted molar refractivity (Wildman–Crippen MR) is 112 cm³/mol. The summed E-state index contributed by atoms with van der Waals surface area (Å²) in [7, 11) is 0. The number of amides is 1. The maximum Gasteiger partial charge on any atom is 0.255 e. The fourth-order valence-electron chi connectivity index (χ4n) is 3.60. The Labute approximate surface area is 169 Å². The minimum atomic E-state index is -0.104. The van der Waals surface area contributed by atoms with Crippen LogP contribution < -0.4 is 11.1 Å². The molecule has 2 aromatic carbocycles. The molecule has 0 atom stereocenters. The molecule has 1 saturated carbocycles. The molecule has 1 amide bonds. The van der Waals surface area contributed by atoms with Crippen molar-refractivity contribution in [3.05, 3.63) is 71.4 Å². The molecule has 1 fully saturated rings. The Bertz CT molecular complexity index is 944. The van der Waals surface area contributed by atoms with E-state index in [9.17, 15) is 4.79 Å². The van der Waals surface area contributed by atoms with Crippen LogP contribution in [0.2, 0.25) is 5.02 Å². The molecule has 0 unspecified atom stereocenters. The van der Waals surface area contributed by atoms with E-state index in [2.05, 4.69) is 5.32 Å². The van der Waals surface area contributed by atoms with Gasteiger partial charge in [0.15, 0.2) is 0 Å². The highest BCUT2D eigenvalue weighted by Gasteiger charge is 2.24. The third kappa shape index (κ3) is 4.11. The van der Waals surface area contributed by atoms with Crippen molar-refractivity contribution < 1.29 is 4.79 Å². The lowest BCUT2D eigenvalue weighted by atomic mass is 9.91. The van der Waals surface area contributed by atoms with Crippen molar-refractivity contribution >= 4 is 17.5 Å². The van der Waals surface area contributed by atoms with Gasteiger partial charge in [0.25, 0.3) is 5.91 Å². The average molecular weight is 395 g/mol. The molecule has 0 spiro atoms. The van der Waals surface area contributed by atoms with Crippen LogP contribution in [-0.2, 0) is 0 Å². The quantitative estimate of drug-likeness (QED) is 0.696. The van der Waals surface area contributed by atoms with Gasteiger partial charge in [-0.2, -0.15) is 5.10 Å². The van der Waals surface area contributed by atoms with Crippen LogP contribution in [-0.4, -0.2) is 27.8 Å². The van der Waals surface area contributed by atoms with Gasteiger partial charge >= 0.3 is 0 Å². The van der Waals surface area contributed by atoms with Gasteiger partial charge < -0.3 is 11.1 Å². The van der Waals surface area contributed by atoms with Gasteiger partial charge in [-0.05, 0) is 49.9 Å². The van der Waals surface area contributed by atoms with Crippen LogP contribution in [0.15, 0.2) is 60.8 Å². The molecule has 1 heterocycles. The van der Waals surface area contributed by atoms with Crippen molar-refractivity contribution in [3.63, 3.8) is 0 Å². The molecule has 0 aliphatic heterocycles. The number of halogens is 1. The fraction of sp³-hybridized carbons (Fsp3) is 0.273. The lowest BCUT2D eigenvalue weighted by Gasteiger charge is -2.26. The van der Waals surface area contributed by atoms with Crippen molar-refractivity contribution in [2.24, 2.45) is 5.73 Å². The normalized spacial score (nSPS) is 19.4. The molecular weight excluding hydrogens is 372 g/mol. The summed E-state index contributed by atoms with van der Waals surface area (Å²) in [6.45, 7) is 0. The van der Waals surface area contributed by atoms with Gasteiger partial charge in [0.1, 0.15) is 5.69 Å². The standard InChI is InChI=1S/C22H23ClN4O/c23-16-8-6-15(7-9-16)21-20(14-27(26-21)19-4-2-1-3-5-19)22(28)25-18-12-10-17(24)11-13-18/h1-9,14,17-18H,10-13,24H2,(H,25,28). The zero-order valence-electron chi connectivity index (χ0n) is 15.5. The minimum absolute atomic E-state index is 0.104. The van der Waals surface area contributed by atoms with E-state index in [0.29, 0.717) is 16.3 Å². The van der Waals surface area contributed by atoms with E-state index in [-0.39, 0.29) is 18.0 Å². The zero-order valence-corrected chi connectivity index (χ0v) is 16.3. The first kappa shape index (κ1) is 18.7. The van der Waals surface area contributed by atoms with Crippen molar-refractivity contribution in [2.45, 2.75) is 37.8 Å². The molecular formula is C22H23ClN4O. The highest BCUT2D eigenvalue weighted by Crippen LogP contribution is 2.26. The SMILES string of the molecule is NC1CCC(NC(=O)c2cn(-c3ccccc3)nc2-c2ccc(Cl)cc2)CC1. The maximum absolute atomic E-state index is 13.1. The second-order valence-corrected chi connectivity index (χ2v) is 7.70. The zero-order chi connectivity index (χ0) is 19.5. The molecule has 144 valence electrons. The minimum Gasteiger partial charge on any atom is -0.349 e. The summed E-state index contributed by atoms with van der Waals surface area (Å²) in [4.78, 5) is 13.1. The molecule has 0 radical (unpaired) electrons. The van der Waals surface area contributed by atoms with Crippen LogP contribution >= 0.6 is 11.6 Å². The second-order valence-electron chi connectivity index (χ2n) is 7.26.